The van der Waals surface area contributed by atoms with Gasteiger partial charge >= 0.3 is 0 Å². The fraction of sp³-hybridized carbons (Fsp3) is 0.571. The van der Waals surface area contributed by atoms with Gasteiger partial charge in [-0.1, -0.05) is 11.6 Å². The van der Waals surface area contributed by atoms with Gasteiger partial charge in [-0.15, -0.1) is 0 Å². The first-order valence-corrected chi connectivity index (χ1v) is 7.05. The van der Waals surface area contributed by atoms with Crippen LogP contribution in [0.25, 0.3) is 0 Å². The molecular formula is C14H22ClN3O. The Labute approximate surface area is 120 Å². The molecule has 1 aromatic carbocycles. The van der Waals surface area contributed by atoms with E-state index in [1.165, 1.54) is 0 Å². The second kappa shape index (κ2) is 6.98. The van der Waals surface area contributed by atoms with Crippen molar-refractivity contribution in [2.45, 2.75) is 0 Å². The zero-order valence-electron chi connectivity index (χ0n) is 11.7. The highest BCUT2D eigenvalue weighted by molar-refractivity contribution is 6.30. The van der Waals surface area contributed by atoms with Crippen LogP contribution in [-0.2, 0) is 0 Å². The number of likely N-dealkylation sites (N-methyl/N-ethyl adjacent to an activating group) is 1. The van der Waals surface area contributed by atoms with Crippen LogP contribution >= 0.6 is 11.6 Å². The van der Waals surface area contributed by atoms with Crippen molar-refractivity contribution >= 4 is 17.3 Å². The molecule has 1 fully saturated rings. The molecule has 0 bridgehead atoms. The van der Waals surface area contributed by atoms with Gasteiger partial charge in [0.25, 0.3) is 0 Å². The second-order valence-electron chi connectivity index (χ2n) is 4.92. The molecule has 1 aliphatic rings. The minimum absolute atomic E-state index is 0.725. The average molecular weight is 284 g/mol. The molecule has 1 heterocycles. The van der Waals surface area contributed by atoms with E-state index in [2.05, 4.69) is 22.2 Å². The molecule has 1 aromatic rings. The Balaban J connectivity index is 1.80. The van der Waals surface area contributed by atoms with Crippen molar-refractivity contribution in [3.63, 3.8) is 0 Å². The molecule has 106 valence electrons. The summed E-state index contributed by atoms with van der Waals surface area (Å²) in [6.45, 7) is 6.54. The Morgan fingerprint density at radius 1 is 1.26 bits per heavy atom. The molecule has 2 rings (SSSR count). The number of benzene rings is 1. The molecule has 1 aliphatic heterocycles. The van der Waals surface area contributed by atoms with Crippen molar-refractivity contribution < 1.29 is 4.74 Å². The quantitative estimate of drug-likeness (QED) is 0.895. The summed E-state index contributed by atoms with van der Waals surface area (Å²) in [5.41, 5.74) is 0.962. The maximum atomic E-state index is 6.01. The molecule has 0 spiro atoms. The Kier molecular flexibility index (Phi) is 5.31. The van der Waals surface area contributed by atoms with E-state index in [1.54, 1.807) is 7.11 Å². The molecule has 1 saturated heterocycles. The van der Waals surface area contributed by atoms with Crippen molar-refractivity contribution in [2.24, 2.45) is 0 Å². The number of rotatable bonds is 5. The Morgan fingerprint density at radius 3 is 2.68 bits per heavy atom. The van der Waals surface area contributed by atoms with E-state index in [9.17, 15) is 0 Å². The van der Waals surface area contributed by atoms with E-state index in [-0.39, 0.29) is 0 Å². The van der Waals surface area contributed by atoms with Gasteiger partial charge in [-0.3, -0.25) is 4.90 Å². The maximum absolute atomic E-state index is 6.01. The molecule has 0 unspecified atom stereocenters. The molecular weight excluding hydrogens is 262 g/mol. The highest BCUT2D eigenvalue weighted by atomic mass is 35.5. The van der Waals surface area contributed by atoms with Crippen molar-refractivity contribution in [1.29, 1.82) is 0 Å². The summed E-state index contributed by atoms with van der Waals surface area (Å²) >= 11 is 6.01. The van der Waals surface area contributed by atoms with Gasteiger partial charge in [-0.2, -0.15) is 0 Å². The lowest BCUT2D eigenvalue weighted by Gasteiger charge is -2.32. The largest absolute Gasteiger partial charge is 0.495 e. The normalized spacial score (nSPS) is 17.4. The van der Waals surface area contributed by atoms with E-state index in [1.807, 2.05) is 18.2 Å². The van der Waals surface area contributed by atoms with Crippen LogP contribution in [-0.4, -0.2) is 63.2 Å². The summed E-state index contributed by atoms with van der Waals surface area (Å²) in [5, 5.41) is 4.12. The fourth-order valence-electron chi connectivity index (χ4n) is 2.24. The first-order chi connectivity index (χ1) is 9.19. The third-order valence-electron chi connectivity index (χ3n) is 3.50. The third-order valence-corrected chi connectivity index (χ3v) is 3.74. The number of nitrogens with zero attached hydrogens (tertiary/aromatic N) is 2. The third kappa shape index (κ3) is 4.27. The molecule has 0 saturated carbocycles. The first kappa shape index (κ1) is 14.4. The lowest BCUT2D eigenvalue weighted by atomic mass is 10.3. The molecule has 5 heteroatoms. The van der Waals surface area contributed by atoms with Crippen LogP contribution in [0.2, 0.25) is 5.02 Å². The monoisotopic (exact) mass is 283 g/mol. The standard InChI is InChI=1S/C14H22ClN3O/c1-17-7-9-18(10-8-17)6-5-16-13-11-12(15)3-4-14(13)19-2/h3-4,11,16H,5-10H2,1-2H3. The van der Waals surface area contributed by atoms with Gasteiger partial charge in [-0.05, 0) is 25.2 Å². The second-order valence-corrected chi connectivity index (χ2v) is 5.35. The predicted octanol–water partition coefficient (Wildman–Crippen LogP) is 2.01. The maximum Gasteiger partial charge on any atom is 0.142 e. The molecule has 19 heavy (non-hydrogen) atoms. The van der Waals surface area contributed by atoms with Crippen LogP contribution in [0.4, 0.5) is 5.69 Å². The van der Waals surface area contributed by atoms with Gasteiger partial charge in [0.2, 0.25) is 0 Å². The molecule has 0 amide bonds. The van der Waals surface area contributed by atoms with Crippen LogP contribution in [0, 0.1) is 0 Å². The number of halogens is 1. The summed E-state index contributed by atoms with van der Waals surface area (Å²) < 4.78 is 5.32. The van der Waals surface area contributed by atoms with Gasteiger partial charge in [-0.25, -0.2) is 0 Å². The van der Waals surface area contributed by atoms with Gasteiger partial charge in [0.15, 0.2) is 0 Å². The van der Waals surface area contributed by atoms with Gasteiger partial charge < -0.3 is 15.0 Å². The summed E-state index contributed by atoms with van der Waals surface area (Å²) in [6, 6.07) is 5.64. The van der Waals surface area contributed by atoms with Crippen molar-refractivity contribution in [3.05, 3.63) is 23.2 Å². The molecule has 0 atom stereocenters. The zero-order chi connectivity index (χ0) is 13.7. The van der Waals surface area contributed by atoms with E-state index in [0.29, 0.717) is 0 Å². The number of hydrogen-bond donors (Lipinski definition) is 1. The zero-order valence-corrected chi connectivity index (χ0v) is 12.4. The molecule has 4 nitrogen and oxygen atoms in total. The molecule has 1 N–H and O–H groups in total. The highest BCUT2D eigenvalue weighted by Crippen LogP contribution is 2.27. The van der Waals surface area contributed by atoms with E-state index in [4.69, 9.17) is 16.3 Å². The van der Waals surface area contributed by atoms with Gasteiger partial charge in [0.05, 0.1) is 12.8 Å². The predicted molar refractivity (Wildman–Crippen MR) is 80.4 cm³/mol. The van der Waals surface area contributed by atoms with Crippen LogP contribution in [0.5, 0.6) is 5.75 Å². The number of ether oxygens (including phenoxy) is 1. The Hall–Kier alpha value is -0.970. The Bertz CT molecular complexity index is 406. The van der Waals surface area contributed by atoms with Crippen LogP contribution in [0.15, 0.2) is 18.2 Å². The minimum atomic E-state index is 0.725. The van der Waals surface area contributed by atoms with E-state index < -0.39 is 0 Å². The highest BCUT2D eigenvalue weighted by Gasteiger charge is 2.13. The smallest absolute Gasteiger partial charge is 0.142 e. The fourth-order valence-corrected chi connectivity index (χ4v) is 2.41. The van der Waals surface area contributed by atoms with E-state index in [0.717, 1.165) is 55.7 Å². The number of nitrogens with one attached hydrogen (secondary N) is 1. The van der Waals surface area contributed by atoms with Crippen LogP contribution < -0.4 is 10.1 Å². The minimum Gasteiger partial charge on any atom is -0.495 e. The summed E-state index contributed by atoms with van der Waals surface area (Å²) in [6.07, 6.45) is 0. The van der Waals surface area contributed by atoms with E-state index >= 15 is 0 Å². The van der Waals surface area contributed by atoms with Gasteiger partial charge in [0.1, 0.15) is 5.75 Å². The lowest BCUT2D eigenvalue weighted by Crippen LogP contribution is -2.45. The number of methoxy groups -OCH3 is 1. The average Bonchev–Trinajstić information content (AvgIpc) is 2.41. The number of anilines is 1. The SMILES string of the molecule is COc1ccc(Cl)cc1NCCN1CCN(C)CC1. The molecule has 0 radical (unpaired) electrons. The van der Waals surface area contributed by atoms with Crippen molar-refractivity contribution in [3.8, 4) is 5.75 Å². The first-order valence-electron chi connectivity index (χ1n) is 6.67. The number of piperazine rings is 1. The van der Waals surface area contributed by atoms with Crippen LogP contribution in [0.3, 0.4) is 0 Å². The summed E-state index contributed by atoms with van der Waals surface area (Å²) in [5.74, 6) is 0.836. The summed E-state index contributed by atoms with van der Waals surface area (Å²) in [4.78, 5) is 4.84. The van der Waals surface area contributed by atoms with Crippen LogP contribution in [0.1, 0.15) is 0 Å². The molecule has 0 aliphatic carbocycles. The number of hydrogen-bond acceptors (Lipinski definition) is 4. The van der Waals surface area contributed by atoms with Gasteiger partial charge in [0, 0.05) is 44.3 Å². The topological polar surface area (TPSA) is 27.7 Å². The molecule has 0 aromatic heterocycles. The summed E-state index contributed by atoms with van der Waals surface area (Å²) in [7, 11) is 3.85. The lowest BCUT2D eigenvalue weighted by molar-refractivity contribution is 0.158. The van der Waals surface area contributed by atoms with Crippen molar-refractivity contribution in [2.75, 3.05) is 58.7 Å². The van der Waals surface area contributed by atoms with Crippen molar-refractivity contribution in [1.82, 2.24) is 9.80 Å². The Morgan fingerprint density at radius 2 is 2.00 bits per heavy atom.